The number of nitrogens with two attached hydrogens (primary N) is 1. The van der Waals surface area contributed by atoms with Crippen LogP contribution in [0.4, 0.5) is 24.5 Å². The minimum Gasteiger partial charge on any atom is -0.456 e. The number of nitrogens with one attached hydrogen (secondary N) is 1. The summed E-state index contributed by atoms with van der Waals surface area (Å²) in [5.41, 5.74) is 7.66. The van der Waals surface area contributed by atoms with Crippen molar-refractivity contribution < 1.29 is 27.4 Å². The van der Waals surface area contributed by atoms with Gasteiger partial charge in [-0.3, -0.25) is 4.79 Å². The van der Waals surface area contributed by atoms with Crippen molar-refractivity contribution >= 4 is 63.7 Å². The van der Waals surface area contributed by atoms with Gasteiger partial charge in [0.1, 0.15) is 23.0 Å². The van der Waals surface area contributed by atoms with Gasteiger partial charge in [0.25, 0.3) is 0 Å². The Labute approximate surface area is 248 Å². The molecule has 0 radical (unpaired) electrons. The molecule has 0 aromatic heterocycles. The number of carbonyl (C=O) groups excluding carboxylic acids is 1. The third-order valence-corrected chi connectivity index (χ3v) is 6.28. The second kappa shape index (κ2) is 13.4. The molecule has 40 heavy (non-hydrogen) atoms. The number of benzene rings is 4. The Balaban J connectivity index is 0.000000230. The minimum atomic E-state index is -4.97. The van der Waals surface area contributed by atoms with E-state index in [4.69, 9.17) is 61.6 Å². The lowest BCUT2D eigenvalue weighted by atomic mass is 10.2. The predicted octanol–water partition coefficient (Wildman–Crippen LogP) is 10.3. The topological polar surface area (TPSA) is 73.6 Å². The molecule has 0 saturated carbocycles. The van der Waals surface area contributed by atoms with Crippen molar-refractivity contribution in [1.29, 1.82) is 0 Å². The standard InChI is InChI=1S/C15H10Cl2F3NO2.C13H11Cl2NO/c1-8-6-13(23-10-4-2-9(16)3-5-10)11(17)7-12(8)21-14(22)15(18,19)20;1-8-6-13(11(15)7-12(8)16)17-10-4-2-9(14)3-5-10/h2-7H,1H3,(H,21,22);2-7H,16H2,1H3. The molecular formula is C28H21Cl4F3N2O3. The number of rotatable bonds is 5. The van der Waals surface area contributed by atoms with Gasteiger partial charge >= 0.3 is 12.1 Å². The fourth-order valence-corrected chi connectivity index (χ4v) is 3.73. The van der Waals surface area contributed by atoms with Gasteiger partial charge in [-0.1, -0.05) is 46.4 Å². The first kappa shape index (κ1) is 31.2. The van der Waals surface area contributed by atoms with Crippen LogP contribution in [-0.2, 0) is 4.79 Å². The fraction of sp³-hybridized carbons (Fsp3) is 0.107. The van der Waals surface area contributed by atoms with Gasteiger partial charge in [0.15, 0.2) is 0 Å². The number of halogens is 7. The van der Waals surface area contributed by atoms with Crippen LogP contribution >= 0.6 is 46.4 Å². The van der Waals surface area contributed by atoms with E-state index in [1.165, 1.54) is 19.1 Å². The highest BCUT2D eigenvalue weighted by Crippen LogP contribution is 2.35. The lowest BCUT2D eigenvalue weighted by molar-refractivity contribution is -0.167. The summed E-state index contributed by atoms with van der Waals surface area (Å²) in [6, 6.07) is 19.7. The lowest BCUT2D eigenvalue weighted by Gasteiger charge is -2.14. The molecule has 5 nitrogen and oxygen atoms in total. The molecule has 1 amide bonds. The molecule has 0 aliphatic heterocycles. The second-order valence-electron chi connectivity index (χ2n) is 8.30. The highest BCUT2D eigenvalue weighted by atomic mass is 35.5. The van der Waals surface area contributed by atoms with E-state index < -0.39 is 12.1 Å². The van der Waals surface area contributed by atoms with Crippen LogP contribution < -0.4 is 20.5 Å². The molecule has 0 saturated heterocycles. The van der Waals surface area contributed by atoms with Crippen molar-refractivity contribution in [3.05, 3.63) is 104 Å². The quantitative estimate of drug-likeness (QED) is 0.215. The zero-order valence-corrected chi connectivity index (χ0v) is 23.9. The number of aryl methyl sites for hydroxylation is 2. The summed E-state index contributed by atoms with van der Waals surface area (Å²) >= 11 is 23.6. The molecular weight excluding hydrogens is 611 g/mol. The number of amides is 1. The number of alkyl halides is 3. The molecule has 0 bridgehead atoms. The molecule has 3 N–H and O–H groups in total. The third kappa shape index (κ3) is 8.86. The van der Waals surface area contributed by atoms with E-state index in [1.54, 1.807) is 59.9 Å². The smallest absolute Gasteiger partial charge is 0.456 e. The molecule has 0 atom stereocenters. The van der Waals surface area contributed by atoms with Gasteiger partial charge < -0.3 is 20.5 Å². The van der Waals surface area contributed by atoms with E-state index in [2.05, 4.69) is 0 Å². The molecule has 12 heteroatoms. The zero-order valence-electron chi connectivity index (χ0n) is 20.9. The van der Waals surface area contributed by atoms with Gasteiger partial charge in [-0.2, -0.15) is 13.2 Å². The average molecular weight is 632 g/mol. The monoisotopic (exact) mass is 630 g/mol. The van der Waals surface area contributed by atoms with E-state index >= 15 is 0 Å². The summed E-state index contributed by atoms with van der Waals surface area (Å²) in [5.74, 6) is -0.0940. The maximum atomic E-state index is 12.3. The van der Waals surface area contributed by atoms with Crippen molar-refractivity contribution in [3.8, 4) is 23.0 Å². The van der Waals surface area contributed by atoms with Gasteiger partial charge in [0, 0.05) is 21.4 Å². The minimum absolute atomic E-state index is 0.0409. The van der Waals surface area contributed by atoms with Crippen LogP contribution in [0.5, 0.6) is 23.0 Å². The summed E-state index contributed by atoms with van der Waals surface area (Å²) in [4.78, 5) is 11.0. The van der Waals surface area contributed by atoms with E-state index in [1.807, 2.05) is 13.0 Å². The van der Waals surface area contributed by atoms with Crippen molar-refractivity contribution in [2.24, 2.45) is 0 Å². The summed E-state index contributed by atoms with van der Waals surface area (Å²) in [6.45, 7) is 3.43. The number of ether oxygens (including phenoxy) is 2. The van der Waals surface area contributed by atoms with Crippen LogP contribution in [0, 0.1) is 13.8 Å². The summed E-state index contributed by atoms with van der Waals surface area (Å²) < 4.78 is 48.1. The predicted molar refractivity (Wildman–Crippen MR) is 155 cm³/mol. The average Bonchev–Trinajstić information content (AvgIpc) is 2.88. The third-order valence-electron chi connectivity index (χ3n) is 5.19. The normalized spacial score (nSPS) is 10.8. The zero-order chi connectivity index (χ0) is 29.6. The van der Waals surface area contributed by atoms with E-state index in [9.17, 15) is 18.0 Å². The Morgan fingerprint density at radius 3 is 1.60 bits per heavy atom. The number of hydrogen-bond donors (Lipinski definition) is 2. The second-order valence-corrected chi connectivity index (χ2v) is 9.99. The highest BCUT2D eigenvalue weighted by molar-refractivity contribution is 6.33. The van der Waals surface area contributed by atoms with E-state index in [-0.39, 0.29) is 16.5 Å². The summed E-state index contributed by atoms with van der Waals surface area (Å²) in [7, 11) is 0. The first-order chi connectivity index (χ1) is 18.7. The molecule has 4 aromatic rings. The molecule has 0 aliphatic rings. The molecule has 0 spiro atoms. The van der Waals surface area contributed by atoms with Gasteiger partial charge in [0.05, 0.1) is 10.0 Å². The van der Waals surface area contributed by atoms with Gasteiger partial charge in [-0.15, -0.1) is 0 Å². The van der Waals surface area contributed by atoms with E-state index in [0.29, 0.717) is 43.6 Å². The van der Waals surface area contributed by atoms with Crippen LogP contribution in [-0.4, -0.2) is 12.1 Å². The molecule has 4 rings (SSSR count). The maximum Gasteiger partial charge on any atom is 0.471 e. The molecule has 0 aliphatic carbocycles. The van der Waals surface area contributed by atoms with Crippen LogP contribution in [0.1, 0.15) is 11.1 Å². The maximum absolute atomic E-state index is 12.3. The number of hydrogen-bond acceptors (Lipinski definition) is 4. The van der Waals surface area contributed by atoms with Crippen molar-refractivity contribution in [2.75, 3.05) is 11.1 Å². The van der Waals surface area contributed by atoms with Crippen LogP contribution in [0.25, 0.3) is 0 Å². The number of anilines is 2. The highest BCUT2D eigenvalue weighted by Gasteiger charge is 2.39. The Morgan fingerprint density at radius 2 is 1.15 bits per heavy atom. The van der Waals surface area contributed by atoms with Gasteiger partial charge in [0.2, 0.25) is 0 Å². The first-order valence-corrected chi connectivity index (χ1v) is 12.8. The van der Waals surface area contributed by atoms with Crippen LogP contribution in [0.15, 0.2) is 72.8 Å². The van der Waals surface area contributed by atoms with E-state index in [0.717, 1.165) is 5.56 Å². The Hall–Kier alpha value is -3.30. The molecule has 210 valence electrons. The fourth-order valence-electron chi connectivity index (χ4n) is 3.07. The number of carbonyl (C=O) groups is 1. The molecule has 0 heterocycles. The Kier molecular flexibility index (Phi) is 10.4. The molecule has 0 unspecified atom stereocenters. The van der Waals surface area contributed by atoms with Crippen molar-refractivity contribution in [1.82, 2.24) is 0 Å². The van der Waals surface area contributed by atoms with Crippen LogP contribution in [0.3, 0.4) is 0 Å². The summed E-state index contributed by atoms with van der Waals surface area (Å²) in [5, 5.41) is 3.51. The Bertz CT molecular complexity index is 1500. The van der Waals surface area contributed by atoms with Gasteiger partial charge in [-0.05, 0) is 97.8 Å². The first-order valence-electron chi connectivity index (χ1n) is 11.3. The largest absolute Gasteiger partial charge is 0.471 e. The SMILES string of the molecule is Cc1cc(Oc2ccc(Cl)cc2)c(Cl)cc1N.Cc1cc(Oc2ccc(Cl)cc2)c(Cl)cc1NC(=O)C(F)(F)F. The number of nitrogen functional groups attached to an aromatic ring is 1. The van der Waals surface area contributed by atoms with Crippen LogP contribution in [0.2, 0.25) is 20.1 Å². The lowest BCUT2D eigenvalue weighted by Crippen LogP contribution is -2.30. The van der Waals surface area contributed by atoms with Crippen molar-refractivity contribution in [2.45, 2.75) is 20.0 Å². The summed E-state index contributed by atoms with van der Waals surface area (Å²) in [6.07, 6.45) is -4.97. The Morgan fingerprint density at radius 1 is 0.725 bits per heavy atom. The van der Waals surface area contributed by atoms with Gasteiger partial charge in [-0.25, -0.2) is 0 Å². The molecule has 0 fully saturated rings. The molecule has 4 aromatic carbocycles. The van der Waals surface area contributed by atoms with Crippen molar-refractivity contribution in [3.63, 3.8) is 0 Å².